The minimum absolute atomic E-state index is 0.00991. The molecule has 0 aromatic rings. The fraction of sp³-hybridized carbons (Fsp3) is 0.922. The summed E-state index contributed by atoms with van der Waals surface area (Å²) in [5, 5.41) is 23.3. The quantitative estimate of drug-likeness (QED) is 0.0320. The van der Waals surface area contributed by atoms with E-state index in [2.05, 4.69) is 43.5 Å². The summed E-state index contributed by atoms with van der Waals surface area (Å²) in [5.41, 5.74) is 0. The lowest BCUT2D eigenvalue weighted by Gasteiger charge is -2.22. The highest BCUT2D eigenvalue weighted by Crippen LogP contribution is 2.20. The first kappa shape index (κ1) is 81.3. The molecule has 0 spiro atoms. The Morgan fingerprint density at radius 2 is 0.614 bits per heavy atom. The lowest BCUT2D eigenvalue weighted by molar-refractivity contribution is -0.143. The summed E-state index contributed by atoms with van der Waals surface area (Å²) in [6, 6.07) is -0.535. The molecule has 83 heavy (non-hydrogen) atoms. The van der Waals surface area contributed by atoms with Gasteiger partial charge in [-0.25, -0.2) is 0 Å². The molecule has 0 aromatic carbocycles. The molecule has 0 bridgehead atoms. The molecule has 0 aliphatic carbocycles. The van der Waals surface area contributed by atoms with Gasteiger partial charge in [0.25, 0.3) is 0 Å². The van der Waals surface area contributed by atoms with Gasteiger partial charge in [-0.3, -0.25) is 9.59 Å². The number of aliphatic hydroxyl groups excluding tert-OH is 2. The Morgan fingerprint density at radius 1 is 0.337 bits per heavy atom. The second-order valence-electron chi connectivity index (χ2n) is 26.3. The molecule has 0 aliphatic rings. The Kier molecular flexibility index (Phi) is 71.4. The van der Waals surface area contributed by atoms with Crippen LogP contribution in [-0.2, 0) is 14.3 Å². The number of rotatable bonds is 72. The summed E-state index contributed by atoms with van der Waals surface area (Å²) in [6.45, 7) is 4.94. The van der Waals surface area contributed by atoms with Crippen molar-refractivity contribution in [1.82, 2.24) is 5.32 Å². The van der Waals surface area contributed by atoms with Crippen LogP contribution in [0.3, 0.4) is 0 Å². The first-order chi connectivity index (χ1) is 41.0. The van der Waals surface area contributed by atoms with Crippen LogP contribution < -0.4 is 5.32 Å². The number of unbranched alkanes of at least 4 members (excludes halogenated alkanes) is 57. The molecule has 2 unspecified atom stereocenters. The molecule has 0 radical (unpaired) electrons. The molecule has 1 amide bonds. The zero-order valence-electron chi connectivity index (χ0n) is 56.5. The highest BCUT2D eigenvalue weighted by atomic mass is 16.5. The van der Waals surface area contributed by atoms with E-state index in [1.165, 1.54) is 347 Å². The number of allylic oxidation sites excluding steroid dienone is 4. The number of hydrogen-bond acceptors (Lipinski definition) is 5. The molecule has 6 nitrogen and oxygen atoms in total. The van der Waals surface area contributed by atoms with Crippen molar-refractivity contribution in [3.05, 3.63) is 24.3 Å². The Morgan fingerprint density at radius 3 is 0.952 bits per heavy atom. The van der Waals surface area contributed by atoms with Crippen molar-refractivity contribution >= 4 is 11.9 Å². The Balaban J connectivity index is 3.28. The van der Waals surface area contributed by atoms with Crippen molar-refractivity contribution in [2.75, 3.05) is 13.2 Å². The van der Waals surface area contributed by atoms with Crippen molar-refractivity contribution in [2.24, 2.45) is 0 Å². The molecule has 0 aliphatic heterocycles. The molecular formula is C77H149NO5. The summed E-state index contributed by atoms with van der Waals surface area (Å²) in [7, 11) is 0. The van der Waals surface area contributed by atoms with Crippen molar-refractivity contribution in [3.8, 4) is 0 Å². The van der Waals surface area contributed by atoms with Crippen molar-refractivity contribution in [2.45, 2.75) is 443 Å². The second-order valence-corrected chi connectivity index (χ2v) is 26.3. The van der Waals surface area contributed by atoms with Gasteiger partial charge in [0, 0.05) is 12.8 Å². The maximum Gasteiger partial charge on any atom is 0.305 e. The van der Waals surface area contributed by atoms with Gasteiger partial charge in [0.05, 0.1) is 25.4 Å². The topological polar surface area (TPSA) is 95.9 Å². The Hall–Kier alpha value is -1.66. The number of ether oxygens (including phenoxy) is 1. The van der Waals surface area contributed by atoms with E-state index in [1.54, 1.807) is 0 Å². The fourth-order valence-electron chi connectivity index (χ4n) is 12.2. The van der Waals surface area contributed by atoms with Crippen molar-refractivity contribution in [1.29, 1.82) is 0 Å². The van der Waals surface area contributed by atoms with E-state index in [1.807, 2.05) is 0 Å². The normalized spacial score (nSPS) is 12.6. The number of nitrogens with one attached hydrogen (secondary N) is 1. The molecular weight excluding hydrogens is 1020 g/mol. The van der Waals surface area contributed by atoms with Crippen LogP contribution in [0.25, 0.3) is 0 Å². The van der Waals surface area contributed by atoms with Gasteiger partial charge >= 0.3 is 5.97 Å². The van der Waals surface area contributed by atoms with E-state index in [0.29, 0.717) is 25.9 Å². The van der Waals surface area contributed by atoms with Gasteiger partial charge in [0.1, 0.15) is 0 Å². The third kappa shape index (κ3) is 69.3. The zero-order chi connectivity index (χ0) is 59.9. The van der Waals surface area contributed by atoms with Gasteiger partial charge in [-0.1, -0.05) is 391 Å². The number of aliphatic hydroxyl groups is 2. The van der Waals surface area contributed by atoms with Gasteiger partial charge in [0.2, 0.25) is 5.91 Å². The van der Waals surface area contributed by atoms with Crippen molar-refractivity contribution < 1.29 is 24.5 Å². The van der Waals surface area contributed by atoms with Crippen LogP contribution in [0.4, 0.5) is 0 Å². The number of esters is 1. The number of hydrogen-bond donors (Lipinski definition) is 3. The average molecular weight is 1170 g/mol. The van der Waals surface area contributed by atoms with Gasteiger partial charge in [-0.05, 0) is 51.4 Å². The average Bonchev–Trinajstić information content (AvgIpc) is 3.49. The fourth-order valence-corrected chi connectivity index (χ4v) is 12.2. The van der Waals surface area contributed by atoms with E-state index in [9.17, 15) is 19.8 Å². The predicted octanol–water partition coefficient (Wildman–Crippen LogP) is 24.9. The maximum atomic E-state index is 12.5. The predicted molar refractivity (Wildman–Crippen MR) is 366 cm³/mol. The smallest absolute Gasteiger partial charge is 0.305 e. The van der Waals surface area contributed by atoms with Crippen LogP contribution in [0.5, 0.6) is 0 Å². The summed E-state index contributed by atoms with van der Waals surface area (Å²) in [6.07, 6.45) is 92.8. The van der Waals surface area contributed by atoms with Crippen LogP contribution in [-0.4, -0.2) is 47.4 Å². The van der Waals surface area contributed by atoms with Crippen LogP contribution in [0.15, 0.2) is 24.3 Å². The molecule has 492 valence electrons. The molecule has 0 rings (SSSR count). The lowest BCUT2D eigenvalue weighted by Crippen LogP contribution is -2.45. The van der Waals surface area contributed by atoms with Gasteiger partial charge in [-0.15, -0.1) is 0 Å². The second kappa shape index (κ2) is 72.8. The van der Waals surface area contributed by atoms with Crippen LogP contribution in [0.1, 0.15) is 431 Å². The monoisotopic (exact) mass is 1170 g/mol. The number of carbonyl (C=O) groups excluding carboxylic acids is 2. The highest BCUT2D eigenvalue weighted by molar-refractivity contribution is 5.76. The molecule has 3 N–H and O–H groups in total. The molecule has 0 fully saturated rings. The van der Waals surface area contributed by atoms with Gasteiger partial charge < -0.3 is 20.3 Å². The van der Waals surface area contributed by atoms with E-state index in [-0.39, 0.29) is 18.5 Å². The molecule has 0 saturated heterocycles. The standard InChI is InChI=1S/C77H149NO5/c1-3-5-7-9-11-13-15-17-47-51-55-59-63-67-71-77(82)83-72-68-64-60-56-52-48-44-42-40-38-36-34-32-30-28-26-24-22-20-18-19-21-23-25-27-29-31-33-35-37-39-41-43-46-50-54-58-62-66-70-76(81)78-74(73-79)75(80)69-65-61-57-53-49-45-16-14-12-10-8-6-4-2/h9,11,15,17,74-75,79-80H,3-8,10,12-14,16,18-73H2,1-2H3,(H,78,81)/b11-9-,17-15-. The third-order valence-corrected chi connectivity index (χ3v) is 18.0. The SMILES string of the molecule is CCCC/C=C\C/C=C\CCCCCCCC(=O)OCCCCCCCCCCCCCCCCCCCCCCCCCCCCCCCCCCCCCCCCCC(=O)NC(CO)C(O)CCCCCCCCCCCCCCC. The van der Waals surface area contributed by atoms with E-state index < -0.39 is 12.1 Å². The van der Waals surface area contributed by atoms with Crippen molar-refractivity contribution in [3.63, 3.8) is 0 Å². The molecule has 0 aromatic heterocycles. The zero-order valence-corrected chi connectivity index (χ0v) is 56.5. The summed E-state index contributed by atoms with van der Waals surface area (Å²) < 4.78 is 5.49. The Labute approximate surface area is 520 Å². The van der Waals surface area contributed by atoms with E-state index in [4.69, 9.17) is 4.74 Å². The van der Waals surface area contributed by atoms with Crippen LogP contribution in [0, 0.1) is 0 Å². The minimum atomic E-state index is -0.658. The maximum absolute atomic E-state index is 12.5. The summed E-state index contributed by atoms with van der Waals surface area (Å²) in [4.78, 5) is 24.6. The minimum Gasteiger partial charge on any atom is -0.466 e. The highest BCUT2D eigenvalue weighted by Gasteiger charge is 2.20. The number of carbonyl (C=O) groups is 2. The van der Waals surface area contributed by atoms with Gasteiger partial charge in [0.15, 0.2) is 0 Å². The third-order valence-electron chi connectivity index (χ3n) is 18.0. The van der Waals surface area contributed by atoms with E-state index >= 15 is 0 Å². The molecule has 0 saturated carbocycles. The lowest BCUT2D eigenvalue weighted by atomic mass is 10.0. The largest absolute Gasteiger partial charge is 0.466 e. The Bertz CT molecular complexity index is 1300. The molecule has 0 heterocycles. The van der Waals surface area contributed by atoms with Crippen LogP contribution in [0.2, 0.25) is 0 Å². The number of amides is 1. The van der Waals surface area contributed by atoms with E-state index in [0.717, 1.165) is 51.4 Å². The van der Waals surface area contributed by atoms with Crippen LogP contribution >= 0.6 is 0 Å². The molecule has 2 atom stereocenters. The summed E-state index contributed by atoms with van der Waals surface area (Å²) in [5.74, 6) is -0.0164. The first-order valence-corrected chi connectivity index (χ1v) is 38.1. The first-order valence-electron chi connectivity index (χ1n) is 38.1. The molecule has 6 heteroatoms. The van der Waals surface area contributed by atoms with Gasteiger partial charge in [-0.2, -0.15) is 0 Å². The summed E-state index contributed by atoms with van der Waals surface area (Å²) >= 11 is 0.